The van der Waals surface area contributed by atoms with Gasteiger partial charge in [-0.2, -0.15) is 0 Å². The molecule has 4 heteroatoms. The molecule has 3 N–H and O–H groups in total. The second-order valence-electron chi connectivity index (χ2n) is 5.38. The highest BCUT2D eigenvalue weighted by Crippen LogP contribution is 2.20. The maximum absolute atomic E-state index is 11.6. The van der Waals surface area contributed by atoms with Gasteiger partial charge in [-0.05, 0) is 38.8 Å². The van der Waals surface area contributed by atoms with Crippen LogP contribution in [0.15, 0.2) is 0 Å². The normalized spacial score (nSPS) is 25.5. The zero-order chi connectivity index (χ0) is 12.9. The second-order valence-corrected chi connectivity index (χ2v) is 5.38. The zero-order valence-corrected chi connectivity index (χ0v) is 11.5. The number of nitrogens with zero attached hydrogens (tertiary/aromatic N) is 1. The number of hydrogen-bond acceptors (Lipinski definition) is 3. The van der Waals surface area contributed by atoms with Gasteiger partial charge in [0.1, 0.15) is 5.54 Å². The monoisotopic (exact) mass is 241 g/mol. The molecule has 4 nitrogen and oxygen atoms in total. The number of carbonyl (C=O) groups is 1. The third kappa shape index (κ3) is 3.96. The SMILES string of the molecule is CCNC(C)(CN1CCCC(CC)C1)C(N)=O. The number of nitrogens with two attached hydrogens (primary N) is 1. The van der Waals surface area contributed by atoms with E-state index >= 15 is 0 Å². The molecular weight excluding hydrogens is 214 g/mol. The largest absolute Gasteiger partial charge is 0.368 e. The summed E-state index contributed by atoms with van der Waals surface area (Å²) in [6.45, 7) is 9.85. The summed E-state index contributed by atoms with van der Waals surface area (Å²) in [6, 6.07) is 0. The molecule has 0 aromatic heterocycles. The average Bonchev–Trinajstić information content (AvgIpc) is 2.29. The van der Waals surface area contributed by atoms with Gasteiger partial charge in [0.05, 0.1) is 0 Å². The molecule has 0 spiro atoms. The van der Waals surface area contributed by atoms with Gasteiger partial charge in [-0.3, -0.25) is 4.79 Å². The van der Waals surface area contributed by atoms with Crippen LogP contribution in [-0.2, 0) is 4.79 Å². The van der Waals surface area contributed by atoms with E-state index in [1.807, 2.05) is 13.8 Å². The molecule has 2 unspecified atom stereocenters. The highest BCUT2D eigenvalue weighted by atomic mass is 16.1. The van der Waals surface area contributed by atoms with E-state index in [0.29, 0.717) is 0 Å². The molecule has 100 valence electrons. The second kappa shape index (κ2) is 6.36. The smallest absolute Gasteiger partial charge is 0.238 e. The Morgan fingerprint density at radius 3 is 2.76 bits per heavy atom. The van der Waals surface area contributed by atoms with Crippen molar-refractivity contribution in [2.75, 3.05) is 26.2 Å². The van der Waals surface area contributed by atoms with E-state index in [1.54, 1.807) is 0 Å². The van der Waals surface area contributed by atoms with Crippen molar-refractivity contribution in [3.05, 3.63) is 0 Å². The van der Waals surface area contributed by atoms with Crippen LogP contribution in [0.1, 0.15) is 40.0 Å². The van der Waals surface area contributed by atoms with Crippen LogP contribution in [-0.4, -0.2) is 42.5 Å². The highest BCUT2D eigenvalue weighted by Gasteiger charge is 2.33. The molecule has 17 heavy (non-hydrogen) atoms. The molecule has 1 heterocycles. The Kier molecular flexibility index (Phi) is 5.40. The minimum absolute atomic E-state index is 0.252. The number of likely N-dealkylation sites (N-methyl/N-ethyl adjacent to an activating group) is 1. The van der Waals surface area contributed by atoms with Gasteiger partial charge in [0.2, 0.25) is 5.91 Å². The Hall–Kier alpha value is -0.610. The van der Waals surface area contributed by atoms with Crippen molar-refractivity contribution >= 4 is 5.91 Å². The number of rotatable bonds is 6. The van der Waals surface area contributed by atoms with Crippen LogP contribution in [0.3, 0.4) is 0 Å². The van der Waals surface area contributed by atoms with Crippen molar-refractivity contribution < 1.29 is 4.79 Å². The van der Waals surface area contributed by atoms with Crippen molar-refractivity contribution in [3.8, 4) is 0 Å². The summed E-state index contributed by atoms with van der Waals surface area (Å²) >= 11 is 0. The number of primary amides is 1. The Morgan fingerprint density at radius 2 is 2.24 bits per heavy atom. The predicted molar refractivity (Wildman–Crippen MR) is 70.7 cm³/mol. The van der Waals surface area contributed by atoms with Crippen LogP contribution in [0, 0.1) is 5.92 Å². The zero-order valence-electron chi connectivity index (χ0n) is 11.5. The van der Waals surface area contributed by atoms with E-state index in [2.05, 4.69) is 17.1 Å². The van der Waals surface area contributed by atoms with Gasteiger partial charge in [-0.1, -0.05) is 20.3 Å². The molecule has 0 aromatic rings. The predicted octanol–water partition coefficient (Wildman–Crippen LogP) is 0.962. The molecular formula is C13H27N3O. The standard InChI is InChI=1S/C13H27N3O/c1-4-11-7-6-8-16(9-11)10-13(3,12(14)17)15-5-2/h11,15H,4-10H2,1-3H3,(H2,14,17). The first-order chi connectivity index (χ1) is 8.01. The first-order valence-electron chi connectivity index (χ1n) is 6.79. The lowest BCUT2D eigenvalue weighted by Gasteiger charge is -2.38. The summed E-state index contributed by atoms with van der Waals surface area (Å²) in [5.74, 6) is 0.528. The van der Waals surface area contributed by atoms with Crippen LogP contribution in [0.5, 0.6) is 0 Å². The van der Waals surface area contributed by atoms with Crippen LogP contribution < -0.4 is 11.1 Å². The van der Waals surface area contributed by atoms with E-state index in [9.17, 15) is 4.79 Å². The average molecular weight is 241 g/mol. The number of likely N-dealkylation sites (tertiary alicyclic amines) is 1. The number of piperidine rings is 1. The number of carbonyl (C=O) groups excluding carboxylic acids is 1. The van der Waals surface area contributed by atoms with E-state index in [-0.39, 0.29) is 5.91 Å². The third-order valence-electron chi connectivity index (χ3n) is 3.83. The summed E-state index contributed by atoms with van der Waals surface area (Å²) in [7, 11) is 0. The molecule has 1 aliphatic rings. The molecule has 2 atom stereocenters. The van der Waals surface area contributed by atoms with Crippen molar-refractivity contribution in [1.29, 1.82) is 0 Å². The molecule has 1 amide bonds. The molecule has 1 saturated heterocycles. The molecule has 0 aromatic carbocycles. The third-order valence-corrected chi connectivity index (χ3v) is 3.83. The molecule has 0 aliphatic carbocycles. The molecule has 1 aliphatic heterocycles. The summed E-state index contributed by atoms with van der Waals surface area (Å²) in [4.78, 5) is 13.9. The fourth-order valence-corrected chi connectivity index (χ4v) is 2.69. The Labute approximate surface area is 105 Å². The minimum Gasteiger partial charge on any atom is -0.368 e. The van der Waals surface area contributed by atoms with Crippen molar-refractivity contribution in [2.24, 2.45) is 11.7 Å². The van der Waals surface area contributed by atoms with Crippen molar-refractivity contribution in [3.63, 3.8) is 0 Å². The van der Waals surface area contributed by atoms with Gasteiger partial charge in [0.15, 0.2) is 0 Å². The number of hydrogen-bond donors (Lipinski definition) is 2. The van der Waals surface area contributed by atoms with E-state index in [0.717, 1.165) is 32.1 Å². The Bertz CT molecular complexity index is 257. The quantitative estimate of drug-likeness (QED) is 0.728. The van der Waals surface area contributed by atoms with Gasteiger partial charge in [-0.15, -0.1) is 0 Å². The molecule has 1 fully saturated rings. The maximum atomic E-state index is 11.6. The van der Waals surface area contributed by atoms with Gasteiger partial charge in [-0.25, -0.2) is 0 Å². The maximum Gasteiger partial charge on any atom is 0.238 e. The lowest BCUT2D eigenvalue weighted by Crippen LogP contribution is -2.60. The minimum atomic E-state index is -0.593. The topological polar surface area (TPSA) is 58.4 Å². The van der Waals surface area contributed by atoms with Crippen LogP contribution in [0.2, 0.25) is 0 Å². The first kappa shape index (κ1) is 14.5. The summed E-state index contributed by atoms with van der Waals surface area (Å²) in [5, 5.41) is 3.22. The van der Waals surface area contributed by atoms with Gasteiger partial charge < -0.3 is 16.0 Å². The summed E-state index contributed by atoms with van der Waals surface area (Å²) in [6.07, 6.45) is 3.78. The molecule has 0 bridgehead atoms. The van der Waals surface area contributed by atoms with Gasteiger partial charge in [0, 0.05) is 13.1 Å². The first-order valence-corrected chi connectivity index (χ1v) is 6.79. The van der Waals surface area contributed by atoms with Gasteiger partial charge in [0.25, 0.3) is 0 Å². The highest BCUT2D eigenvalue weighted by molar-refractivity contribution is 5.84. The van der Waals surface area contributed by atoms with Crippen molar-refractivity contribution in [2.45, 2.75) is 45.6 Å². The van der Waals surface area contributed by atoms with Gasteiger partial charge >= 0.3 is 0 Å². The summed E-state index contributed by atoms with van der Waals surface area (Å²) in [5.41, 5.74) is 4.92. The Morgan fingerprint density at radius 1 is 1.53 bits per heavy atom. The van der Waals surface area contributed by atoms with E-state index in [1.165, 1.54) is 19.3 Å². The fourth-order valence-electron chi connectivity index (χ4n) is 2.69. The van der Waals surface area contributed by atoms with E-state index in [4.69, 9.17) is 5.73 Å². The van der Waals surface area contributed by atoms with Crippen LogP contribution in [0.25, 0.3) is 0 Å². The van der Waals surface area contributed by atoms with E-state index < -0.39 is 5.54 Å². The molecule has 1 rings (SSSR count). The van der Waals surface area contributed by atoms with Crippen LogP contribution in [0.4, 0.5) is 0 Å². The number of amides is 1. The molecule has 0 radical (unpaired) electrons. The number of nitrogens with one attached hydrogen (secondary N) is 1. The summed E-state index contributed by atoms with van der Waals surface area (Å²) < 4.78 is 0. The fraction of sp³-hybridized carbons (Fsp3) is 0.923. The lowest BCUT2D eigenvalue weighted by molar-refractivity contribution is -0.124. The van der Waals surface area contributed by atoms with Crippen LogP contribution >= 0.6 is 0 Å². The molecule has 0 saturated carbocycles. The van der Waals surface area contributed by atoms with Crippen molar-refractivity contribution in [1.82, 2.24) is 10.2 Å². The Balaban J connectivity index is 2.57. The lowest BCUT2D eigenvalue weighted by atomic mass is 9.93.